The van der Waals surface area contributed by atoms with Gasteiger partial charge < -0.3 is 10.2 Å². The molecule has 1 aromatic rings. The van der Waals surface area contributed by atoms with Crippen molar-refractivity contribution in [3.05, 3.63) is 29.8 Å². The minimum Gasteiger partial charge on any atom is -0.508 e. The maximum Gasteiger partial charge on any atom is 0.123 e. The van der Waals surface area contributed by atoms with E-state index in [-0.39, 0.29) is 11.5 Å². The molecule has 1 rings (SSSR count). The second-order valence-electron chi connectivity index (χ2n) is 2.94. The van der Waals surface area contributed by atoms with Gasteiger partial charge in [0.05, 0.1) is 0 Å². The summed E-state index contributed by atoms with van der Waals surface area (Å²) in [7, 11) is 0. The fourth-order valence-corrected chi connectivity index (χ4v) is 1.02. The summed E-state index contributed by atoms with van der Waals surface area (Å²) in [5.74, 6) is 0.351. The van der Waals surface area contributed by atoms with Gasteiger partial charge in [0.2, 0.25) is 0 Å². The van der Waals surface area contributed by atoms with Gasteiger partial charge in [0.15, 0.2) is 0 Å². The molecule has 2 nitrogen and oxygen atoms in total. The molecule has 2 N–H and O–H groups in total. The van der Waals surface area contributed by atoms with Gasteiger partial charge in [-0.3, -0.25) is 0 Å². The predicted molar refractivity (Wildman–Crippen MR) is 49.2 cm³/mol. The summed E-state index contributed by atoms with van der Waals surface area (Å²) < 4.78 is 0. The molecule has 2 heteroatoms. The summed E-state index contributed by atoms with van der Waals surface area (Å²) in [4.78, 5) is 0. The fraction of sp³-hybridized carbons (Fsp3) is 0.200. The Bertz CT molecular complexity index is 327. The van der Waals surface area contributed by atoms with Crippen molar-refractivity contribution in [2.24, 2.45) is 0 Å². The van der Waals surface area contributed by atoms with Crippen LogP contribution in [0.1, 0.15) is 18.1 Å². The van der Waals surface area contributed by atoms with Crippen LogP contribution in [0, 0.1) is 6.92 Å². The monoisotopic (exact) mass is 164 g/mol. The van der Waals surface area contributed by atoms with Crippen molar-refractivity contribution in [2.45, 2.75) is 13.8 Å². The van der Waals surface area contributed by atoms with Gasteiger partial charge in [-0.2, -0.15) is 0 Å². The van der Waals surface area contributed by atoms with Crippen molar-refractivity contribution >= 4 is 5.57 Å². The Balaban J connectivity index is 3.33. The lowest BCUT2D eigenvalue weighted by atomic mass is 10.0. The molecule has 0 bridgehead atoms. The first-order valence-corrected chi connectivity index (χ1v) is 3.71. The maximum atomic E-state index is 9.41. The number of aryl methyl sites for hydroxylation is 1. The van der Waals surface area contributed by atoms with E-state index in [1.54, 1.807) is 13.8 Å². The zero-order valence-corrected chi connectivity index (χ0v) is 7.26. The highest BCUT2D eigenvalue weighted by Crippen LogP contribution is 2.30. The molecule has 12 heavy (non-hydrogen) atoms. The number of hydrogen-bond donors (Lipinski definition) is 2. The summed E-state index contributed by atoms with van der Waals surface area (Å²) >= 11 is 0. The Kier molecular flexibility index (Phi) is 2.09. The van der Waals surface area contributed by atoms with Crippen molar-refractivity contribution in [1.29, 1.82) is 0 Å². The number of aromatic hydroxyl groups is 2. The maximum absolute atomic E-state index is 9.41. The van der Waals surface area contributed by atoms with Crippen LogP contribution in [0.4, 0.5) is 0 Å². The average Bonchev–Trinajstić information content (AvgIpc) is 1.96. The van der Waals surface area contributed by atoms with Crippen molar-refractivity contribution in [1.82, 2.24) is 0 Å². The van der Waals surface area contributed by atoms with Gasteiger partial charge in [-0.1, -0.05) is 6.58 Å². The molecule has 0 saturated heterocycles. The first-order valence-electron chi connectivity index (χ1n) is 3.71. The van der Waals surface area contributed by atoms with Crippen molar-refractivity contribution in [3.63, 3.8) is 0 Å². The molecular weight excluding hydrogens is 152 g/mol. The van der Waals surface area contributed by atoms with E-state index in [0.29, 0.717) is 11.1 Å². The minimum absolute atomic E-state index is 0.165. The third-order valence-corrected chi connectivity index (χ3v) is 1.77. The van der Waals surface area contributed by atoms with E-state index in [4.69, 9.17) is 0 Å². The molecule has 0 aliphatic heterocycles. The normalized spacial score (nSPS) is 9.83. The number of benzene rings is 1. The summed E-state index contributed by atoms with van der Waals surface area (Å²) in [6.45, 7) is 7.20. The van der Waals surface area contributed by atoms with Gasteiger partial charge in [-0.25, -0.2) is 0 Å². The van der Waals surface area contributed by atoms with Crippen molar-refractivity contribution in [2.75, 3.05) is 0 Å². The first kappa shape index (κ1) is 8.65. The highest BCUT2D eigenvalue weighted by molar-refractivity contribution is 5.69. The standard InChI is InChI=1S/C10H12O2/c1-6(2)8-5-9(11)7(3)4-10(8)12/h4-5,11-12H,1H2,2-3H3. The van der Waals surface area contributed by atoms with Crippen molar-refractivity contribution < 1.29 is 10.2 Å². The number of allylic oxidation sites excluding steroid dienone is 1. The summed E-state index contributed by atoms with van der Waals surface area (Å²) in [5.41, 5.74) is 2.00. The molecule has 0 radical (unpaired) electrons. The Morgan fingerprint density at radius 1 is 1.25 bits per heavy atom. The van der Waals surface area contributed by atoms with E-state index < -0.39 is 0 Å². The second-order valence-corrected chi connectivity index (χ2v) is 2.94. The SMILES string of the molecule is C=C(C)c1cc(O)c(C)cc1O. The number of phenols is 2. The zero-order chi connectivity index (χ0) is 9.30. The molecule has 0 heterocycles. The molecular formula is C10H12O2. The topological polar surface area (TPSA) is 40.5 Å². The lowest BCUT2D eigenvalue weighted by molar-refractivity contribution is 0.455. The average molecular weight is 164 g/mol. The van der Waals surface area contributed by atoms with E-state index in [2.05, 4.69) is 6.58 Å². The third-order valence-electron chi connectivity index (χ3n) is 1.77. The first-order chi connectivity index (χ1) is 5.52. The summed E-state index contributed by atoms with van der Waals surface area (Å²) in [6.07, 6.45) is 0. The van der Waals surface area contributed by atoms with Crippen LogP contribution in [-0.4, -0.2) is 10.2 Å². The van der Waals surface area contributed by atoms with Crippen LogP contribution < -0.4 is 0 Å². The summed E-state index contributed by atoms with van der Waals surface area (Å²) in [5, 5.41) is 18.7. The Morgan fingerprint density at radius 3 is 2.33 bits per heavy atom. The molecule has 0 aliphatic carbocycles. The van der Waals surface area contributed by atoms with Crippen LogP contribution in [-0.2, 0) is 0 Å². The molecule has 0 atom stereocenters. The number of rotatable bonds is 1. The van der Waals surface area contributed by atoms with Crippen LogP contribution in [0.25, 0.3) is 5.57 Å². The molecule has 1 aromatic carbocycles. The van der Waals surface area contributed by atoms with Gasteiger partial charge in [0.1, 0.15) is 11.5 Å². The summed E-state index contributed by atoms with van der Waals surface area (Å²) in [6, 6.07) is 3.05. The van der Waals surface area contributed by atoms with Crippen LogP contribution in [0.15, 0.2) is 18.7 Å². The zero-order valence-electron chi connectivity index (χ0n) is 7.26. The molecule has 0 aromatic heterocycles. The van der Waals surface area contributed by atoms with Crippen molar-refractivity contribution in [3.8, 4) is 11.5 Å². The lowest BCUT2D eigenvalue weighted by Gasteiger charge is -2.06. The molecule has 0 spiro atoms. The molecule has 0 unspecified atom stereocenters. The van der Waals surface area contributed by atoms with Gasteiger partial charge in [-0.15, -0.1) is 0 Å². The Labute approximate surface area is 71.8 Å². The van der Waals surface area contributed by atoms with Crippen LogP contribution in [0.2, 0.25) is 0 Å². The number of phenolic OH excluding ortho intramolecular Hbond substituents is 2. The van der Waals surface area contributed by atoms with Gasteiger partial charge in [0, 0.05) is 5.56 Å². The van der Waals surface area contributed by atoms with Crippen LogP contribution >= 0.6 is 0 Å². The third kappa shape index (κ3) is 1.42. The van der Waals surface area contributed by atoms with E-state index in [9.17, 15) is 10.2 Å². The lowest BCUT2D eigenvalue weighted by Crippen LogP contribution is -1.82. The van der Waals surface area contributed by atoms with Gasteiger partial charge in [-0.05, 0) is 37.1 Å². The largest absolute Gasteiger partial charge is 0.508 e. The Hall–Kier alpha value is -1.44. The molecule has 0 aliphatic rings. The van der Waals surface area contributed by atoms with E-state index in [1.165, 1.54) is 12.1 Å². The van der Waals surface area contributed by atoms with Crippen LogP contribution in [0.3, 0.4) is 0 Å². The van der Waals surface area contributed by atoms with E-state index in [0.717, 1.165) is 5.57 Å². The highest BCUT2D eigenvalue weighted by Gasteiger charge is 2.05. The van der Waals surface area contributed by atoms with E-state index >= 15 is 0 Å². The number of hydrogen-bond acceptors (Lipinski definition) is 2. The molecule has 0 fully saturated rings. The molecule has 0 amide bonds. The van der Waals surface area contributed by atoms with Crippen LogP contribution in [0.5, 0.6) is 11.5 Å². The van der Waals surface area contributed by atoms with E-state index in [1.807, 2.05) is 0 Å². The highest BCUT2D eigenvalue weighted by atomic mass is 16.3. The molecule has 0 saturated carbocycles. The smallest absolute Gasteiger partial charge is 0.123 e. The predicted octanol–water partition coefficient (Wildman–Crippen LogP) is 2.44. The Morgan fingerprint density at radius 2 is 1.83 bits per heavy atom. The minimum atomic E-state index is 0.165. The quantitative estimate of drug-likeness (QED) is 0.626. The van der Waals surface area contributed by atoms with Gasteiger partial charge in [0.25, 0.3) is 0 Å². The second kappa shape index (κ2) is 2.89. The fourth-order valence-electron chi connectivity index (χ4n) is 1.02. The van der Waals surface area contributed by atoms with Gasteiger partial charge >= 0.3 is 0 Å². The molecule has 64 valence electrons.